The van der Waals surface area contributed by atoms with Crippen LogP contribution in [0, 0.1) is 0 Å². The molecule has 1 heterocycles. The van der Waals surface area contributed by atoms with Crippen LogP contribution < -0.4 is 4.90 Å². The standard InChI is InChI=1S/C10H7BrClNO2/c11-7-5-6(1-2-8(7)12)13-9(14)3-4-10(13)15/h1-2,5H,3-4H2. The van der Waals surface area contributed by atoms with E-state index < -0.39 is 0 Å². The van der Waals surface area contributed by atoms with Crippen LogP contribution >= 0.6 is 27.5 Å². The van der Waals surface area contributed by atoms with Crippen LogP contribution in [0.2, 0.25) is 5.02 Å². The van der Waals surface area contributed by atoms with Crippen LogP contribution in [-0.4, -0.2) is 11.8 Å². The van der Waals surface area contributed by atoms with Crippen molar-refractivity contribution in [3.63, 3.8) is 0 Å². The Kier molecular flexibility index (Phi) is 2.80. The Labute approximate surface area is 100 Å². The number of hydrogen-bond acceptors (Lipinski definition) is 2. The largest absolute Gasteiger partial charge is 0.274 e. The van der Waals surface area contributed by atoms with Gasteiger partial charge in [0.25, 0.3) is 0 Å². The highest BCUT2D eigenvalue weighted by Crippen LogP contribution is 2.30. The number of halogens is 2. The predicted molar refractivity (Wildman–Crippen MR) is 60.9 cm³/mol. The van der Waals surface area contributed by atoms with Gasteiger partial charge in [-0.1, -0.05) is 11.6 Å². The summed E-state index contributed by atoms with van der Waals surface area (Å²) in [7, 11) is 0. The Hall–Kier alpha value is -0.870. The smallest absolute Gasteiger partial charge is 0.234 e. The minimum atomic E-state index is -0.158. The molecule has 0 unspecified atom stereocenters. The zero-order valence-electron chi connectivity index (χ0n) is 7.67. The van der Waals surface area contributed by atoms with Gasteiger partial charge in [-0.15, -0.1) is 0 Å². The summed E-state index contributed by atoms with van der Waals surface area (Å²) >= 11 is 9.08. The van der Waals surface area contributed by atoms with Gasteiger partial charge in [0.05, 0.1) is 10.7 Å². The maximum absolute atomic E-state index is 11.4. The molecular formula is C10H7BrClNO2. The van der Waals surface area contributed by atoms with Crippen LogP contribution in [0.15, 0.2) is 22.7 Å². The molecule has 0 aromatic heterocycles. The van der Waals surface area contributed by atoms with E-state index in [0.29, 0.717) is 28.0 Å². The molecule has 1 fully saturated rings. The van der Waals surface area contributed by atoms with Crippen molar-refractivity contribution in [1.29, 1.82) is 0 Å². The van der Waals surface area contributed by atoms with Gasteiger partial charge in [-0.3, -0.25) is 14.5 Å². The zero-order valence-corrected chi connectivity index (χ0v) is 10.0. The molecule has 15 heavy (non-hydrogen) atoms. The summed E-state index contributed by atoms with van der Waals surface area (Å²) in [6.07, 6.45) is 0.582. The van der Waals surface area contributed by atoms with Crippen LogP contribution in [0.25, 0.3) is 0 Å². The fourth-order valence-electron chi connectivity index (χ4n) is 1.49. The van der Waals surface area contributed by atoms with Gasteiger partial charge >= 0.3 is 0 Å². The van der Waals surface area contributed by atoms with Crippen LogP contribution in [-0.2, 0) is 9.59 Å². The first-order chi connectivity index (χ1) is 7.09. The maximum Gasteiger partial charge on any atom is 0.234 e. The Balaban J connectivity index is 2.41. The van der Waals surface area contributed by atoms with E-state index in [4.69, 9.17) is 11.6 Å². The number of carbonyl (C=O) groups excluding carboxylic acids is 2. The SMILES string of the molecule is O=C1CCC(=O)N1c1ccc(Cl)c(Br)c1. The number of carbonyl (C=O) groups is 2. The lowest BCUT2D eigenvalue weighted by Crippen LogP contribution is -2.28. The second-order valence-electron chi connectivity index (χ2n) is 3.22. The fraction of sp³-hybridized carbons (Fsp3) is 0.200. The van der Waals surface area contributed by atoms with E-state index in [-0.39, 0.29) is 11.8 Å². The van der Waals surface area contributed by atoms with Crippen molar-refractivity contribution >= 4 is 45.0 Å². The monoisotopic (exact) mass is 287 g/mol. The van der Waals surface area contributed by atoms with Gasteiger partial charge in [-0.05, 0) is 34.1 Å². The molecule has 0 radical (unpaired) electrons. The minimum Gasteiger partial charge on any atom is -0.274 e. The van der Waals surface area contributed by atoms with Crippen molar-refractivity contribution in [3.8, 4) is 0 Å². The number of anilines is 1. The normalized spacial score (nSPS) is 16.3. The number of amides is 2. The van der Waals surface area contributed by atoms with Crippen LogP contribution in [0.3, 0.4) is 0 Å². The molecule has 1 aliphatic rings. The summed E-state index contributed by atoms with van der Waals surface area (Å²) < 4.78 is 0.675. The van der Waals surface area contributed by atoms with Crippen LogP contribution in [0.4, 0.5) is 5.69 Å². The molecule has 78 valence electrons. The Morgan fingerprint density at radius 1 is 1.20 bits per heavy atom. The quantitative estimate of drug-likeness (QED) is 0.745. The maximum atomic E-state index is 11.4. The Morgan fingerprint density at radius 3 is 2.33 bits per heavy atom. The van der Waals surface area contributed by atoms with Crippen LogP contribution in [0.5, 0.6) is 0 Å². The molecular weight excluding hydrogens is 281 g/mol. The number of hydrogen-bond donors (Lipinski definition) is 0. The summed E-state index contributed by atoms with van der Waals surface area (Å²) in [6.45, 7) is 0. The molecule has 2 amide bonds. The second-order valence-corrected chi connectivity index (χ2v) is 4.48. The van der Waals surface area contributed by atoms with E-state index in [9.17, 15) is 9.59 Å². The molecule has 1 aromatic carbocycles. The molecule has 3 nitrogen and oxygen atoms in total. The Bertz CT molecular complexity index is 431. The molecule has 2 rings (SSSR count). The summed E-state index contributed by atoms with van der Waals surface area (Å²) in [5, 5.41) is 0.554. The van der Waals surface area contributed by atoms with E-state index in [1.54, 1.807) is 18.2 Å². The summed E-state index contributed by atoms with van der Waals surface area (Å²) in [5.74, 6) is -0.316. The lowest BCUT2D eigenvalue weighted by molar-refractivity contribution is -0.121. The molecule has 1 aliphatic heterocycles. The second kappa shape index (κ2) is 3.94. The first-order valence-corrected chi connectivity index (χ1v) is 5.57. The molecule has 0 spiro atoms. The fourth-order valence-corrected chi connectivity index (χ4v) is 1.97. The van der Waals surface area contributed by atoms with E-state index in [1.807, 2.05) is 0 Å². The summed E-state index contributed by atoms with van der Waals surface area (Å²) in [4.78, 5) is 24.1. The first kappa shape index (κ1) is 10.6. The lowest BCUT2D eigenvalue weighted by Gasteiger charge is -2.14. The van der Waals surface area contributed by atoms with Crippen molar-refractivity contribution in [2.24, 2.45) is 0 Å². The predicted octanol–water partition coefficient (Wildman–Crippen LogP) is 2.76. The van der Waals surface area contributed by atoms with Crippen molar-refractivity contribution in [2.75, 3.05) is 4.90 Å². The first-order valence-electron chi connectivity index (χ1n) is 4.40. The Morgan fingerprint density at radius 2 is 1.80 bits per heavy atom. The van der Waals surface area contributed by atoms with Gasteiger partial charge in [-0.2, -0.15) is 0 Å². The number of imide groups is 1. The van der Waals surface area contributed by atoms with Gasteiger partial charge in [0.1, 0.15) is 0 Å². The average molecular weight is 289 g/mol. The van der Waals surface area contributed by atoms with E-state index in [2.05, 4.69) is 15.9 Å². The van der Waals surface area contributed by atoms with Crippen molar-refractivity contribution in [2.45, 2.75) is 12.8 Å². The molecule has 0 atom stereocenters. The average Bonchev–Trinajstić information content (AvgIpc) is 2.52. The highest BCUT2D eigenvalue weighted by molar-refractivity contribution is 9.10. The van der Waals surface area contributed by atoms with Gasteiger partial charge in [0, 0.05) is 17.3 Å². The highest BCUT2D eigenvalue weighted by Gasteiger charge is 2.30. The van der Waals surface area contributed by atoms with Crippen LogP contribution in [0.1, 0.15) is 12.8 Å². The lowest BCUT2D eigenvalue weighted by atomic mass is 10.3. The third-order valence-corrected chi connectivity index (χ3v) is 3.43. The number of rotatable bonds is 1. The number of benzene rings is 1. The molecule has 5 heteroatoms. The summed E-state index contributed by atoms with van der Waals surface area (Å²) in [5.41, 5.74) is 0.568. The van der Waals surface area contributed by atoms with Gasteiger partial charge in [0.15, 0.2) is 0 Å². The zero-order chi connectivity index (χ0) is 11.0. The van der Waals surface area contributed by atoms with Gasteiger partial charge in [0.2, 0.25) is 11.8 Å². The molecule has 0 saturated carbocycles. The molecule has 0 N–H and O–H groups in total. The molecule has 0 aliphatic carbocycles. The van der Waals surface area contributed by atoms with Crippen molar-refractivity contribution in [3.05, 3.63) is 27.7 Å². The van der Waals surface area contributed by atoms with E-state index in [1.165, 1.54) is 4.90 Å². The minimum absolute atomic E-state index is 0.158. The van der Waals surface area contributed by atoms with Crippen molar-refractivity contribution < 1.29 is 9.59 Å². The molecule has 0 bridgehead atoms. The van der Waals surface area contributed by atoms with E-state index in [0.717, 1.165) is 0 Å². The van der Waals surface area contributed by atoms with Crippen molar-refractivity contribution in [1.82, 2.24) is 0 Å². The topological polar surface area (TPSA) is 37.4 Å². The van der Waals surface area contributed by atoms with Gasteiger partial charge < -0.3 is 0 Å². The number of nitrogens with zero attached hydrogens (tertiary/aromatic N) is 1. The van der Waals surface area contributed by atoms with Gasteiger partial charge in [-0.25, -0.2) is 0 Å². The third-order valence-electron chi connectivity index (χ3n) is 2.21. The molecule has 1 aromatic rings. The summed E-state index contributed by atoms with van der Waals surface area (Å²) in [6, 6.07) is 4.98. The third kappa shape index (κ3) is 1.92. The molecule has 1 saturated heterocycles. The van der Waals surface area contributed by atoms with E-state index >= 15 is 0 Å². The highest BCUT2D eigenvalue weighted by atomic mass is 79.9.